The molecule has 5 nitrogen and oxygen atoms in total. The number of hydrogen-bond donors (Lipinski definition) is 3. The quantitative estimate of drug-likeness (QED) is 0.417. The van der Waals surface area contributed by atoms with Crippen molar-refractivity contribution in [3.63, 3.8) is 0 Å². The SMILES string of the molecule is NCCCc1cc2c(C3=CCCCC3)c[nH]c(=O)c2c2cc(-c3cn[nH]c3)ccc12. The number of nitrogens with one attached hydrogen (secondary N) is 2. The molecule has 5 heteroatoms. The molecule has 0 unspecified atom stereocenters. The van der Waals surface area contributed by atoms with Gasteiger partial charge in [-0.1, -0.05) is 18.2 Å². The van der Waals surface area contributed by atoms with Crippen LogP contribution in [0.2, 0.25) is 0 Å². The zero-order chi connectivity index (χ0) is 20.5. The molecular formula is C25H26N4O. The van der Waals surface area contributed by atoms with Crippen LogP contribution in [0.1, 0.15) is 43.2 Å². The predicted molar refractivity (Wildman–Crippen MR) is 123 cm³/mol. The van der Waals surface area contributed by atoms with E-state index in [1.54, 1.807) is 0 Å². The summed E-state index contributed by atoms with van der Waals surface area (Å²) in [4.78, 5) is 16.1. The number of nitrogens with two attached hydrogens (primary N) is 1. The molecule has 0 saturated carbocycles. The number of aromatic nitrogens is 3. The lowest BCUT2D eigenvalue weighted by molar-refractivity contribution is 0.742. The first kappa shape index (κ1) is 18.8. The lowest BCUT2D eigenvalue weighted by Gasteiger charge is -2.17. The highest BCUT2D eigenvalue weighted by Gasteiger charge is 2.16. The molecule has 0 fully saturated rings. The van der Waals surface area contributed by atoms with E-state index >= 15 is 0 Å². The fraction of sp³-hybridized carbons (Fsp3) is 0.280. The van der Waals surface area contributed by atoms with Gasteiger partial charge in [0.1, 0.15) is 0 Å². The number of rotatable bonds is 5. The van der Waals surface area contributed by atoms with Crippen molar-refractivity contribution in [3.05, 3.63) is 70.4 Å². The zero-order valence-electron chi connectivity index (χ0n) is 17.0. The van der Waals surface area contributed by atoms with Crippen LogP contribution >= 0.6 is 0 Å². The van der Waals surface area contributed by atoms with Crippen LogP contribution in [0.3, 0.4) is 0 Å². The maximum Gasteiger partial charge on any atom is 0.256 e. The third-order valence-electron chi connectivity index (χ3n) is 6.21. The molecule has 5 rings (SSSR count). The number of pyridine rings is 1. The summed E-state index contributed by atoms with van der Waals surface area (Å²) in [6.45, 7) is 0.653. The van der Waals surface area contributed by atoms with E-state index in [0.29, 0.717) is 6.54 Å². The molecule has 0 spiro atoms. The van der Waals surface area contributed by atoms with Gasteiger partial charge in [-0.15, -0.1) is 0 Å². The Morgan fingerprint density at radius 2 is 1.97 bits per heavy atom. The van der Waals surface area contributed by atoms with Crippen LogP contribution in [0.25, 0.3) is 38.2 Å². The molecule has 0 radical (unpaired) electrons. The molecule has 0 atom stereocenters. The second-order valence-electron chi connectivity index (χ2n) is 8.10. The summed E-state index contributed by atoms with van der Waals surface area (Å²) in [5.41, 5.74) is 11.6. The van der Waals surface area contributed by atoms with Gasteiger partial charge >= 0.3 is 0 Å². The van der Waals surface area contributed by atoms with E-state index in [4.69, 9.17) is 5.73 Å². The topological polar surface area (TPSA) is 87.6 Å². The van der Waals surface area contributed by atoms with Gasteiger partial charge in [0.25, 0.3) is 5.56 Å². The Morgan fingerprint density at radius 3 is 2.73 bits per heavy atom. The molecule has 0 bridgehead atoms. The standard InChI is InChI=1S/C25H26N4O/c26-10-4-7-18-12-22-23(16-5-2-1-3-6-16)15-27-25(30)24(22)21-11-17(8-9-20(18)21)19-13-28-29-14-19/h5,8-9,11-15H,1-4,6-7,10,26H2,(H,27,30)(H,28,29). The number of aryl methyl sites for hydroxylation is 1. The maximum atomic E-state index is 13.0. The number of hydrogen-bond acceptors (Lipinski definition) is 3. The highest BCUT2D eigenvalue weighted by Crippen LogP contribution is 2.36. The van der Waals surface area contributed by atoms with Gasteiger partial charge in [-0.3, -0.25) is 9.89 Å². The van der Waals surface area contributed by atoms with Crippen molar-refractivity contribution in [2.75, 3.05) is 6.54 Å². The van der Waals surface area contributed by atoms with E-state index in [1.165, 1.54) is 24.0 Å². The lowest BCUT2D eigenvalue weighted by Crippen LogP contribution is -2.09. The van der Waals surface area contributed by atoms with Crippen LogP contribution in [0.5, 0.6) is 0 Å². The van der Waals surface area contributed by atoms with Gasteiger partial charge in [0, 0.05) is 23.5 Å². The summed E-state index contributed by atoms with van der Waals surface area (Å²) in [6.07, 6.45) is 14.4. The summed E-state index contributed by atoms with van der Waals surface area (Å²) in [6, 6.07) is 8.59. The van der Waals surface area contributed by atoms with Gasteiger partial charge in [-0.25, -0.2) is 0 Å². The van der Waals surface area contributed by atoms with Gasteiger partial charge in [-0.2, -0.15) is 5.10 Å². The Balaban J connectivity index is 1.84. The molecule has 0 saturated heterocycles. The second-order valence-corrected chi connectivity index (χ2v) is 8.10. The van der Waals surface area contributed by atoms with Crippen LogP contribution in [-0.2, 0) is 6.42 Å². The number of allylic oxidation sites excluding steroid dienone is 2. The molecule has 2 aromatic heterocycles. The van der Waals surface area contributed by atoms with Gasteiger partial charge in [0.05, 0.1) is 11.6 Å². The Labute approximate surface area is 175 Å². The molecule has 4 aromatic rings. The number of nitrogens with zero attached hydrogens (tertiary/aromatic N) is 1. The predicted octanol–water partition coefficient (Wildman–Crippen LogP) is 4.92. The van der Waals surface area contributed by atoms with E-state index in [0.717, 1.165) is 63.9 Å². The first-order valence-corrected chi connectivity index (χ1v) is 10.8. The first-order chi connectivity index (χ1) is 14.8. The maximum absolute atomic E-state index is 13.0. The minimum atomic E-state index is -0.0372. The van der Waals surface area contributed by atoms with E-state index in [1.807, 2.05) is 18.6 Å². The molecule has 1 aliphatic carbocycles. The highest BCUT2D eigenvalue weighted by atomic mass is 16.1. The minimum Gasteiger partial charge on any atom is -0.330 e. The summed E-state index contributed by atoms with van der Waals surface area (Å²) in [7, 11) is 0. The average molecular weight is 399 g/mol. The lowest BCUT2D eigenvalue weighted by atomic mass is 9.88. The van der Waals surface area contributed by atoms with Gasteiger partial charge < -0.3 is 10.7 Å². The molecule has 0 aliphatic heterocycles. The molecule has 4 N–H and O–H groups in total. The van der Waals surface area contributed by atoms with Crippen LogP contribution in [0.15, 0.2) is 53.7 Å². The minimum absolute atomic E-state index is 0.0372. The van der Waals surface area contributed by atoms with Crippen molar-refractivity contribution >= 4 is 27.1 Å². The number of H-pyrrole nitrogens is 2. The van der Waals surface area contributed by atoms with E-state index in [9.17, 15) is 4.79 Å². The fourth-order valence-electron chi connectivity index (χ4n) is 4.68. The molecule has 30 heavy (non-hydrogen) atoms. The van der Waals surface area contributed by atoms with Gasteiger partial charge in [0.2, 0.25) is 0 Å². The fourth-order valence-corrected chi connectivity index (χ4v) is 4.68. The molecule has 152 valence electrons. The van der Waals surface area contributed by atoms with Crippen molar-refractivity contribution in [1.82, 2.24) is 15.2 Å². The number of benzene rings is 2. The Bertz CT molecular complexity index is 1300. The van der Waals surface area contributed by atoms with Crippen LogP contribution in [0.4, 0.5) is 0 Å². The van der Waals surface area contributed by atoms with Crippen molar-refractivity contribution in [2.24, 2.45) is 5.73 Å². The van der Waals surface area contributed by atoms with Crippen LogP contribution in [0, 0.1) is 0 Å². The highest BCUT2D eigenvalue weighted by molar-refractivity contribution is 6.12. The molecule has 2 aromatic carbocycles. The monoisotopic (exact) mass is 398 g/mol. The average Bonchev–Trinajstić information content (AvgIpc) is 3.33. The van der Waals surface area contributed by atoms with Crippen molar-refractivity contribution < 1.29 is 0 Å². The number of fused-ring (bicyclic) bond motifs is 3. The Morgan fingerprint density at radius 1 is 1.03 bits per heavy atom. The summed E-state index contributed by atoms with van der Waals surface area (Å²) >= 11 is 0. The largest absolute Gasteiger partial charge is 0.330 e. The Hall–Kier alpha value is -3.18. The normalized spacial score (nSPS) is 14.4. The zero-order valence-corrected chi connectivity index (χ0v) is 17.0. The number of aromatic amines is 2. The van der Waals surface area contributed by atoms with Crippen molar-refractivity contribution in [2.45, 2.75) is 38.5 Å². The summed E-state index contributed by atoms with van der Waals surface area (Å²) < 4.78 is 0. The van der Waals surface area contributed by atoms with Crippen LogP contribution < -0.4 is 11.3 Å². The molecule has 1 aliphatic rings. The summed E-state index contributed by atoms with van der Waals surface area (Å²) in [5, 5.41) is 10.9. The molecular weight excluding hydrogens is 372 g/mol. The summed E-state index contributed by atoms with van der Waals surface area (Å²) in [5.74, 6) is 0. The third-order valence-corrected chi connectivity index (χ3v) is 6.21. The molecule has 2 heterocycles. The Kier molecular flexibility index (Phi) is 4.97. The van der Waals surface area contributed by atoms with E-state index in [2.05, 4.69) is 45.5 Å². The molecule has 0 amide bonds. The van der Waals surface area contributed by atoms with E-state index in [-0.39, 0.29) is 5.56 Å². The van der Waals surface area contributed by atoms with Gasteiger partial charge in [-0.05, 0) is 90.1 Å². The van der Waals surface area contributed by atoms with Crippen molar-refractivity contribution in [1.29, 1.82) is 0 Å². The second kappa shape index (κ2) is 7.92. The third kappa shape index (κ3) is 3.25. The van der Waals surface area contributed by atoms with Crippen LogP contribution in [-0.4, -0.2) is 21.7 Å². The van der Waals surface area contributed by atoms with Gasteiger partial charge in [0.15, 0.2) is 0 Å². The van der Waals surface area contributed by atoms with E-state index < -0.39 is 0 Å². The van der Waals surface area contributed by atoms with Crippen molar-refractivity contribution in [3.8, 4) is 11.1 Å². The first-order valence-electron chi connectivity index (χ1n) is 10.8. The smallest absolute Gasteiger partial charge is 0.256 e.